The smallest absolute Gasteiger partial charge is 0.251 e. The number of furan rings is 1. The van der Waals surface area contributed by atoms with Crippen LogP contribution in [0.5, 0.6) is 5.75 Å². The minimum atomic E-state index is -0.165. The zero-order valence-electron chi connectivity index (χ0n) is 11.4. The van der Waals surface area contributed by atoms with Gasteiger partial charge in [-0.25, -0.2) is 0 Å². The fourth-order valence-corrected chi connectivity index (χ4v) is 1.62. The maximum Gasteiger partial charge on any atom is 0.251 e. The molecule has 0 aliphatic rings. The number of ether oxygens (including phenoxy) is 1. The lowest BCUT2D eigenvalue weighted by Gasteiger charge is -2.08. The topological polar surface area (TPSA) is 51.5 Å². The number of benzene rings is 1. The van der Waals surface area contributed by atoms with Gasteiger partial charge < -0.3 is 14.5 Å². The molecule has 0 aliphatic heterocycles. The van der Waals surface area contributed by atoms with Gasteiger partial charge in [-0.15, -0.1) is 0 Å². The molecular formula is C16H17NO3. The van der Waals surface area contributed by atoms with Crippen LogP contribution in [0, 0.1) is 0 Å². The van der Waals surface area contributed by atoms with Gasteiger partial charge in [0.25, 0.3) is 5.91 Å². The number of carbonyl (C=O) groups is 1. The Bertz CT molecular complexity index is 588. The third-order valence-corrected chi connectivity index (χ3v) is 2.58. The van der Waals surface area contributed by atoms with Crippen LogP contribution in [0.4, 0.5) is 0 Å². The van der Waals surface area contributed by atoms with Crippen molar-refractivity contribution >= 4 is 5.91 Å². The third-order valence-electron chi connectivity index (χ3n) is 2.58. The molecule has 0 saturated heterocycles. The van der Waals surface area contributed by atoms with Gasteiger partial charge in [0, 0.05) is 5.56 Å². The normalized spacial score (nSPS) is 10.1. The molecule has 1 N–H and O–H groups in total. The molecule has 104 valence electrons. The number of amides is 1. The summed E-state index contributed by atoms with van der Waals surface area (Å²) in [4.78, 5) is 12.0. The molecule has 1 aromatic carbocycles. The molecule has 1 amide bonds. The Morgan fingerprint density at radius 1 is 1.35 bits per heavy atom. The summed E-state index contributed by atoms with van der Waals surface area (Å²) in [5, 5.41) is 2.79. The van der Waals surface area contributed by atoms with E-state index in [1.165, 1.54) is 0 Å². The molecule has 0 fully saturated rings. The quantitative estimate of drug-likeness (QED) is 0.821. The molecule has 4 nitrogen and oxygen atoms in total. The zero-order valence-corrected chi connectivity index (χ0v) is 11.4. The highest BCUT2D eigenvalue weighted by Gasteiger charge is 2.07. The van der Waals surface area contributed by atoms with Gasteiger partial charge in [-0.1, -0.05) is 12.6 Å². The van der Waals surface area contributed by atoms with Crippen LogP contribution in [0.2, 0.25) is 0 Å². The Balaban J connectivity index is 1.95. The van der Waals surface area contributed by atoms with E-state index >= 15 is 0 Å². The molecule has 0 radical (unpaired) electrons. The zero-order chi connectivity index (χ0) is 14.4. The largest absolute Gasteiger partial charge is 0.489 e. The summed E-state index contributed by atoms with van der Waals surface area (Å²) in [5.41, 5.74) is 1.48. The van der Waals surface area contributed by atoms with Crippen molar-refractivity contribution in [2.24, 2.45) is 0 Å². The maximum atomic E-state index is 12.0. The minimum absolute atomic E-state index is 0.165. The van der Waals surface area contributed by atoms with Gasteiger partial charge >= 0.3 is 0 Å². The predicted octanol–water partition coefficient (Wildman–Crippen LogP) is 3.16. The lowest BCUT2D eigenvalue weighted by atomic mass is 10.2. The van der Waals surface area contributed by atoms with Crippen LogP contribution >= 0.6 is 0 Å². The monoisotopic (exact) mass is 271 g/mol. The van der Waals surface area contributed by atoms with Crippen LogP contribution in [0.3, 0.4) is 0 Å². The van der Waals surface area contributed by atoms with E-state index in [1.54, 1.807) is 30.5 Å². The molecule has 2 rings (SSSR count). The van der Waals surface area contributed by atoms with E-state index in [2.05, 4.69) is 11.9 Å². The summed E-state index contributed by atoms with van der Waals surface area (Å²) < 4.78 is 10.7. The van der Waals surface area contributed by atoms with E-state index in [9.17, 15) is 4.79 Å². The number of hydrogen-bond donors (Lipinski definition) is 1. The van der Waals surface area contributed by atoms with Gasteiger partial charge in [-0.3, -0.25) is 4.79 Å². The summed E-state index contributed by atoms with van der Waals surface area (Å²) in [6.45, 7) is 6.47. The molecule has 0 bridgehead atoms. The second-order valence-corrected chi connectivity index (χ2v) is 4.54. The fourth-order valence-electron chi connectivity index (χ4n) is 1.62. The number of hydrogen-bond acceptors (Lipinski definition) is 3. The van der Waals surface area contributed by atoms with E-state index in [0.29, 0.717) is 30.2 Å². The molecule has 2 aromatic rings. The van der Waals surface area contributed by atoms with Gasteiger partial charge in [0.15, 0.2) is 0 Å². The molecule has 0 spiro atoms. The van der Waals surface area contributed by atoms with Crippen LogP contribution in [0.25, 0.3) is 0 Å². The van der Waals surface area contributed by atoms with Gasteiger partial charge in [-0.2, -0.15) is 0 Å². The number of rotatable bonds is 6. The molecule has 20 heavy (non-hydrogen) atoms. The fraction of sp³-hybridized carbons (Fsp3) is 0.188. The first-order chi connectivity index (χ1) is 9.65. The Hall–Kier alpha value is -2.49. The van der Waals surface area contributed by atoms with Crippen molar-refractivity contribution in [2.45, 2.75) is 13.5 Å². The van der Waals surface area contributed by atoms with E-state index in [4.69, 9.17) is 9.15 Å². The van der Waals surface area contributed by atoms with Crippen molar-refractivity contribution in [1.29, 1.82) is 0 Å². The highest BCUT2D eigenvalue weighted by molar-refractivity contribution is 5.94. The van der Waals surface area contributed by atoms with E-state index in [0.717, 1.165) is 5.57 Å². The Morgan fingerprint density at radius 3 is 2.90 bits per heavy atom. The van der Waals surface area contributed by atoms with Gasteiger partial charge in [-0.05, 0) is 42.8 Å². The van der Waals surface area contributed by atoms with Crippen LogP contribution in [-0.4, -0.2) is 12.5 Å². The van der Waals surface area contributed by atoms with Crippen molar-refractivity contribution in [3.8, 4) is 5.75 Å². The Morgan fingerprint density at radius 2 is 2.20 bits per heavy atom. The van der Waals surface area contributed by atoms with Crippen molar-refractivity contribution in [3.63, 3.8) is 0 Å². The molecule has 0 unspecified atom stereocenters. The lowest BCUT2D eigenvalue weighted by molar-refractivity contribution is 0.0947. The maximum absolute atomic E-state index is 12.0. The minimum Gasteiger partial charge on any atom is -0.489 e. The number of carbonyl (C=O) groups excluding carboxylic acids is 1. The van der Waals surface area contributed by atoms with Crippen molar-refractivity contribution in [3.05, 3.63) is 66.1 Å². The lowest BCUT2D eigenvalue weighted by Crippen LogP contribution is -2.22. The molecule has 1 heterocycles. The highest BCUT2D eigenvalue weighted by atomic mass is 16.5. The SMILES string of the molecule is C=C(C)COc1cccc(C(=O)NCc2ccco2)c1. The van der Waals surface area contributed by atoms with Crippen LogP contribution in [0.1, 0.15) is 23.0 Å². The molecule has 0 atom stereocenters. The Labute approximate surface area is 118 Å². The Kier molecular flexibility index (Phi) is 4.60. The van der Waals surface area contributed by atoms with Crippen LogP contribution in [-0.2, 0) is 6.54 Å². The van der Waals surface area contributed by atoms with Gasteiger partial charge in [0.2, 0.25) is 0 Å². The molecular weight excluding hydrogens is 254 g/mol. The summed E-state index contributed by atoms with van der Waals surface area (Å²) in [7, 11) is 0. The number of nitrogens with one attached hydrogen (secondary N) is 1. The highest BCUT2D eigenvalue weighted by Crippen LogP contribution is 2.14. The van der Waals surface area contributed by atoms with E-state index < -0.39 is 0 Å². The molecule has 1 aromatic heterocycles. The molecule has 0 saturated carbocycles. The van der Waals surface area contributed by atoms with E-state index in [1.807, 2.05) is 19.1 Å². The first-order valence-electron chi connectivity index (χ1n) is 6.33. The third kappa shape index (κ3) is 4.02. The second-order valence-electron chi connectivity index (χ2n) is 4.54. The summed E-state index contributed by atoms with van der Waals surface area (Å²) in [6, 6.07) is 10.6. The molecule has 4 heteroatoms. The summed E-state index contributed by atoms with van der Waals surface area (Å²) in [5.74, 6) is 1.20. The summed E-state index contributed by atoms with van der Waals surface area (Å²) in [6.07, 6.45) is 1.58. The summed E-state index contributed by atoms with van der Waals surface area (Å²) >= 11 is 0. The van der Waals surface area contributed by atoms with Crippen molar-refractivity contribution in [2.75, 3.05) is 6.61 Å². The molecule has 0 aliphatic carbocycles. The average Bonchev–Trinajstić information content (AvgIpc) is 2.96. The van der Waals surface area contributed by atoms with Crippen molar-refractivity contribution < 1.29 is 13.9 Å². The second kappa shape index (κ2) is 6.61. The van der Waals surface area contributed by atoms with Gasteiger partial charge in [0.1, 0.15) is 18.1 Å². The standard InChI is InChI=1S/C16H17NO3/c1-12(2)11-20-14-6-3-5-13(9-14)16(18)17-10-15-7-4-8-19-15/h3-9H,1,10-11H2,2H3,(H,17,18). The van der Waals surface area contributed by atoms with E-state index in [-0.39, 0.29) is 5.91 Å². The van der Waals surface area contributed by atoms with Gasteiger partial charge in [0.05, 0.1) is 12.8 Å². The first-order valence-corrected chi connectivity index (χ1v) is 6.33. The average molecular weight is 271 g/mol. The predicted molar refractivity (Wildman–Crippen MR) is 76.6 cm³/mol. The van der Waals surface area contributed by atoms with Crippen LogP contribution in [0.15, 0.2) is 59.2 Å². The van der Waals surface area contributed by atoms with Crippen molar-refractivity contribution in [1.82, 2.24) is 5.32 Å². The van der Waals surface area contributed by atoms with Crippen LogP contribution < -0.4 is 10.1 Å². The first kappa shape index (κ1) is 13.9.